The monoisotopic (exact) mass is 385 g/mol. The van der Waals surface area contributed by atoms with E-state index in [1.807, 2.05) is 0 Å². The van der Waals surface area contributed by atoms with E-state index in [-0.39, 0.29) is 48.5 Å². The Labute approximate surface area is 150 Å². The maximum Gasteiger partial charge on any atom is 0.238 e. The highest BCUT2D eigenvalue weighted by atomic mass is 35.5. The van der Waals surface area contributed by atoms with Crippen molar-refractivity contribution in [1.82, 2.24) is 10.6 Å². The molecular formula is C14H19Cl2F2N3OS. The highest BCUT2D eigenvalue weighted by Crippen LogP contribution is 2.26. The van der Waals surface area contributed by atoms with E-state index in [1.165, 1.54) is 18.2 Å². The lowest BCUT2D eigenvalue weighted by molar-refractivity contribution is -0.123. The third-order valence-electron chi connectivity index (χ3n) is 3.82. The van der Waals surface area contributed by atoms with Gasteiger partial charge < -0.3 is 10.2 Å². The van der Waals surface area contributed by atoms with E-state index in [0.717, 1.165) is 11.6 Å². The van der Waals surface area contributed by atoms with Gasteiger partial charge in [0.2, 0.25) is 5.91 Å². The average Bonchev–Trinajstić information content (AvgIpc) is 3.10. The van der Waals surface area contributed by atoms with Crippen molar-refractivity contribution >= 4 is 48.2 Å². The zero-order chi connectivity index (χ0) is 14.8. The van der Waals surface area contributed by atoms with Gasteiger partial charge in [0.25, 0.3) is 0 Å². The summed E-state index contributed by atoms with van der Waals surface area (Å²) in [6.07, 6.45) is 0.694. The zero-order valence-corrected chi connectivity index (χ0v) is 14.7. The molecule has 2 heterocycles. The summed E-state index contributed by atoms with van der Waals surface area (Å²) in [6, 6.07) is 3.64. The van der Waals surface area contributed by atoms with Crippen molar-refractivity contribution in [2.24, 2.45) is 0 Å². The van der Waals surface area contributed by atoms with Crippen LogP contribution in [0.15, 0.2) is 18.2 Å². The molecule has 0 spiro atoms. The number of carbonyl (C=O) groups excluding carboxylic acids is 1. The van der Waals surface area contributed by atoms with Crippen molar-refractivity contribution in [1.29, 1.82) is 0 Å². The van der Waals surface area contributed by atoms with Crippen molar-refractivity contribution in [3.8, 4) is 0 Å². The van der Waals surface area contributed by atoms with Gasteiger partial charge in [-0.05, 0) is 18.6 Å². The lowest BCUT2D eigenvalue weighted by Gasteiger charge is -2.21. The predicted octanol–water partition coefficient (Wildman–Crippen LogP) is 2.17. The fourth-order valence-corrected chi connectivity index (χ4v) is 3.68. The molecule has 2 fully saturated rings. The van der Waals surface area contributed by atoms with E-state index in [1.54, 1.807) is 16.7 Å². The number of thioether (sulfide) groups is 1. The lowest BCUT2D eigenvalue weighted by atomic mass is 10.2. The van der Waals surface area contributed by atoms with Crippen LogP contribution >= 0.6 is 36.6 Å². The molecular weight excluding hydrogens is 367 g/mol. The van der Waals surface area contributed by atoms with Gasteiger partial charge in [-0.15, -0.1) is 36.6 Å². The highest BCUT2D eigenvalue weighted by molar-refractivity contribution is 7.99. The van der Waals surface area contributed by atoms with Gasteiger partial charge in [-0.1, -0.05) is 6.07 Å². The Morgan fingerprint density at radius 2 is 2.00 bits per heavy atom. The molecule has 0 bridgehead atoms. The summed E-state index contributed by atoms with van der Waals surface area (Å²) >= 11 is 1.69. The van der Waals surface area contributed by atoms with Crippen LogP contribution in [-0.4, -0.2) is 42.7 Å². The van der Waals surface area contributed by atoms with Crippen LogP contribution in [0.3, 0.4) is 0 Å². The number of halogens is 4. The third kappa shape index (κ3) is 4.62. The van der Waals surface area contributed by atoms with Crippen LogP contribution in [0.4, 0.5) is 14.5 Å². The van der Waals surface area contributed by atoms with E-state index in [2.05, 4.69) is 10.6 Å². The minimum absolute atomic E-state index is 0. The second-order valence-electron chi connectivity index (χ2n) is 5.28. The van der Waals surface area contributed by atoms with Gasteiger partial charge in [0.15, 0.2) is 0 Å². The van der Waals surface area contributed by atoms with Gasteiger partial charge in [0.05, 0.1) is 6.04 Å². The summed E-state index contributed by atoms with van der Waals surface area (Å²) in [5.74, 6) is 0.409. The number of nitrogens with zero attached hydrogens (tertiary/aromatic N) is 1. The Morgan fingerprint density at radius 3 is 2.61 bits per heavy atom. The summed E-state index contributed by atoms with van der Waals surface area (Å²) in [5.41, 5.74) is 0.00351. The third-order valence-corrected chi connectivity index (χ3v) is 4.76. The molecule has 0 aliphatic carbocycles. The topological polar surface area (TPSA) is 44.4 Å². The molecule has 130 valence electrons. The second kappa shape index (κ2) is 8.92. The molecule has 2 N–H and O–H groups in total. The van der Waals surface area contributed by atoms with Crippen LogP contribution in [-0.2, 0) is 4.79 Å². The van der Waals surface area contributed by atoms with Crippen LogP contribution < -0.4 is 15.5 Å². The number of nitrogens with one attached hydrogen (secondary N) is 2. The number of amides is 1. The summed E-state index contributed by atoms with van der Waals surface area (Å²) in [7, 11) is 0. The van der Waals surface area contributed by atoms with E-state index in [4.69, 9.17) is 0 Å². The van der Waals surface area contributed by atoms with E-state index >= 15 is 0 Å². The predicted molar refractivity (Wildman–Crippen MR) is 93.9 cm³/mol. The van der Waals surface area contributed by atoms with Crippen molar-refractivity contribution in [2.75, 3.05) is 29.6 Å². The maximum absolute atomic E-state index is 13.8. The average molecular weight is 386 g/mol. The number of hydrogen-bond acceptors (Lipinski definition) is 4. The second-order valence-corrected chi connectivity index (χ2v) is 6.31. The van der Waals surface area contributed by atoms with Gasteiger partial charge >= 0.3 is 0 Å². The minimum Gasteiger partial charge on any atom is -0.365 e. The molecule has 2 aliphatic heterocycles. The molecule has 4 nitrogen and oxygen atoms in total. The van der Waals surface area contributed by atoms with Crippen molar-refractivity contribution in [3.05, 3.63) is 29.8 Å². The molecule has 1 aromatic rings. The molecule has 2 unspecified atom stereocenters. The maximum atomic E-state index is 13.8. The summed E-state index contributed by atoms with van der Waals surface area (Å²) in [4.78, 5) is 13.7. The normalized spacial score (nSPS) is 23.1. The fraction of sp³-hybridized carbons (Fsp3) is 0.500. The van der Waals surface area contributed by atoms with Crippen molar-refractivity contribution < 1.29 is 13.6 Å². The SMILES string of the molecule is Cl.Cl.O=C(NC1CCN(c2c(F)cccc2F)C1)C1CSCN1. The number of anilines is 1. The molecule has 23 heavy (non-hydrogen) atoms. The van der Waals surface area contributed by atoms with Gasteiger partial charge in [0, 0.05) is 30.8 Å². The van der Waals surface area contributed by atoms with E-state index < -0.39 is 11.6 Å². The molecule has 1 aromatic carbocycles. The Balaban J connectivity index is 0.00000132. The van der Waals surface area contributed by atoms with Gasteiger partial charge in [0.1, 0.15) is 17.3 Å². The molecule has 1 amide bonds. The Hall–Kier alpha value is -0.760. The summed E-state index contributed by atoms with van der Waals surface area (Å²) in [6.45, 7) is 0.971. The van der Waals surface area contributed by atoms with E-state index in [0.29, 0.717) is 19.5 Å². The Morgan fingerprint density at radius 1 is 1.30 bits per heavy atom. The highest BCUT2D eigenvalue weighted by Gasteiger charge is 2.30. The first-order valence-electron chi connectivity index (χ1n) is 6.95. The van der Waals surface area contributed by atoms with Crippen LogP contribution in [0.1, 0.15) is 6.42 Å². The number of rotatable bonds is 3. The van der Waals surface area contributed by atoms with Crippen LogP contribution in [0.5, 0.6) is 0 Å². The van der Waals surface area contributed by atoms with Crippen molar-refractivity contribution in [3.63, 3.8) is 0 Å². The molecule has 0 radical (unpaired) electrons. The van der Waals surface area contributed by atoms with E-state index in [9.17, 15) is 13.6 Å². The van der Waals surface area contributed by atoms with Crippen molar-refractivity contribution in [2.45, 2.75) is 18.5 Å². The van der Waals surface area contributed by atoms with Gasteiger partial charge in [-0.2, -0.15) is 0 Å². The van der Waals surface area contributed by atoms with Crippen LogP contribution in [0, 0.1) is 11.6 Å². The molecule has 3 rings (SSSR count). The first-order chi connectivity index (χ1) is 10.1. The molecule has 2 aliphatic rings. The largest absolute Gasteiger partial charge is 0.365 e. The number of hydrogen-bond donors (Lipinski definition) is 2. The number of carbonyl (C=O) groups is 1. The quantitative estimate of drug-likeness (QED) is 0.836. The molecule has 2 saturated heterocycles. The fourth-order valence-electron chi connectivity index (χ4n) is 2.74. The number of para-hydroxylation sites is 1. The lowest BCUT2D eigenvalue weighted by Crippen LogP contribution is -2.47. The first-order valence-corrected chi connectivity index (χ1v) is 8.11. The minimum atomic E-state index is -0.559. The smallest absolute Gasteiger partial charge is 0.238 e. The molecule has 9 heteroatoms. The van der Waals surface area contributed by atoms with Crippen LogP contribution in [0.2, 0.25) is 0 Å². The number of benzene rings is 1. The molecule has 0 aromatic heterocycles. The van der Waals surface area contributed by atoms with Crippen LogP contribution in [0.25, 0.3) is 0 Å². The summed E-state index contributed by atoms with van der Waals surface area (Å²) in [5, 5.41) is 6.07. The first kappa shape index (κ1) is 20.3. The zero-order valence-electron chi connectivity index (χ0n) is 12.3. The Bertz CT molecular complexity index is 527. The summed E-state index contributed by atoms with van der Waals surface area (Å²) < 4.78 is 27.5. The standard InChI is InChI=1S/C14H17F2N3OS.2ClH/c15-10-2-1-3-11(16)13(10)19-5-4-9(6-19)18-14(20)12-7-21-8-17-12;;/h1-3,9,12,17H,4-8H2,(H,18,20);2*1H. The Kier molecular flexibility index (Phi) is 7.86. The van der Waals surface area contributed by atoms with Gasteiger partial charge in [-0.3, -0.25) is 10.1 Å². The molecule has 2 atom stereocenters. The van der Waals surface area contributed by atoms with Gasteiger partial charge in [-0.25, -0.2) is 8.78 Å². The molecule has 0 saturated carbocycles.